The SMILES string of the molecule is O=C(Cl)C1CCC2CCc3ccccc3C(=O)N2C1. The van der Waals surface area contributed by atoms with E-state index in [0.29, 0.717) is 6.54 Å². The highest BCUT2D eigenvalue weighted by Crippen LogP contribution is 2.31. The highest BCUT2D eigenvalue weighted by molar-refractivity contribution is 6.64. The lowest BCUT2D eigenvalue weighted by Gasteiger charge is -2.37. The lowest BCUT2D eigenvalue weighted by Crippen LogP contribution is -2.47. The van der Waals surface area contributed by atoms with Crippen LogP contribution < -0.4 is 0 Å². The predicted molar refractivity (Wildman–Crippen MR) is 73.2 cm³/mol. The molecular weight excluding hydrogens is 262 g/mol. The number of fused-ring (bicyclic) bond motifs is 2. The van der Waals surface area contributed by atoms with E-state index in [9.17, 15) is 9.59 Å². The van der Waals surface area contributed by atoms with Crippen LogP contribution in [-0.4, -0.2) is 28.6 Å². The number of halogens is 1. The Kier molecular flexibility index (Phi) is 3.31. The van der Waals surface area contributed by atoms with Gasteiger partial charge in [-0.15, -0.1) is 0 Å². The van der Waals surface area contributed by atoms with Crippen molar-refractivity contribution in [2.24, 2.45) is 5.92 Å². The van der Waals surface area contributed by atoms with E-state index in [0.717, 1.165) is 36.8 Å². The van der Waals surface area contributed by atoms with Crippen molar-refractivity contribution in [2.45, 2.75) is 31.7 Å². The first-order valence-electron chi connectivity index (χ1n) is 6.75. The fourth-order valence-corrected chi connectivity index (χ4v) is 3.36. The van der Waals surface area contributed by atoms with Gasteiger partial charge in [0, 0.05) is 18.2 Å². The maximum atomic E-state index is 12.6. The monoisotopic (exact) mass is 277 g/mol. The molecule has 0 aromatic heterocycles. The first-order valence-corrected chi connectivity index (χ1v) is 7.13. The van der Waals surface area contributed by atoms with E-state index in [4.69, 9.17) is 11.6 Å². The Hall–Kier alpha value is -1.35. The van der Waals surface area contributed by atoms with Crippen LogP contribution in [0, 0.1) is 5.92 Å². The van der Waals surface area contributed by atoms with Crippen LogP contribution in [-0.2, 0) is 11.2 Å². The number of benzene rings is 1. The van der Waals surface area contributed by atoms with Gasteiger partial charge in [-0.3, -0.25) is 9.59 Å². The second-order valence-corrected chi connectivity index (χ2v) is 5.76. The maximum absolute atomic E-state index is 12.6. The van der Waals surface area contributed by atoms with Crippen LogP contribution in [0.2, 0.25) is 0 Å². The minimum atomic E-state index is -0.316. The summed E-state index contributed by atoms with van der Waals surface area (Å²) in [5, 5.41) is -0.316. The summed E-state index contributed by atoms with van der Waals surface area (Å²) < 4.78 is 0. The van der Waals surface area contributed by atoms with E-state index in [1.165, 1.54) is 0 Å². The van der Waals surface area contributed by atoms with Gasteiger partial charge in [0.25, 0.3) is 5.91 Å². The first kappa shape index (κ1) is 12.7. The molecule has 1 aromatic rings. The van der Waals surface area contributed by atoms with Gasteiger partial charge in [-0.25, -0.2) is 0 Å². The molecule has 2 unspecified atom stereocenters. The van der Waals surface area contributed by atoms with E-state index < -0.39 is 0 Å². The van der Waals surface area contributed by atoms with Crippen molar-refractivity contribution >= 4 is 22.8 Å². The normalized spacial score (nSPS) is 26.4. The zero-order chi connectivity index (χ0) is 13.4. The number of piperidine rings is 1. The Morgan fingerprint density at radius 2 is 2.00 bits per heavy atom. The molecule has 0 saturated carbocycles. The lowest BCUT2D eigenvalue weighted by atomic mass is 9.91. The van der Waals surface area contributed by atoms with Crippen LogP contribution in [0.5, 0.6) is 0 Å². The molecule has 1 aromatic carbocycles. The van der Waals surface area contributed by atoms with Crippen molar-refractivity contribution in [3.63, 3.8) is 0 Å². The molecule has 3 nitrogen and oxygen atoms in total. The average molecular weight is 278 g/mol. The van der Waals surface area contributed by atoms with Crippen molar-refractivity contribution < 1.29 is 9.59 Å². The van der Waals surface area contributed by atoms with Gasteiger partial charge in [0.15, 0.2) is 0 Å². The third kappa shape index (κ3) is 2.27. The zero-order valence-electron chi connectivity index (χ0n) is 10.6. The van der Waals surface area contributed by atoms with Crippen molar-refractivity contribution in [3.05, 3.63) is 35.4 Å². The molecule has 2 aliphatic heterocycles. The van der Waals surface area contributed by atoms with Crippen LogP contribution >= 0.6 is 11.6 Å². The van der Waals surface area contributed by atoms with Crippen molar-refractivity contribution in [1.29, 1.82) is 0 Å². The fourth-order valence-electron chi connectivity index (χ4n) is 3.19. The van der Waals surface area contributed by atoms with Gasteiger partial charge in [-0.05, 0) is 48.9 Å². The Morgan fingerprint density at radius 3 is 2.79 bits per heavy atom. The van der Waals surface area contributed by atoms with E-state index in [1.807, 2.05) is 29.2 Å². The summed E-state index contributed by atoms with van der Waals surface area (Å²) in [6.07, 6.45) is 3.59. The summed E-state index contributed by atoms with van der Waals surface area (Å²) in [6, 6.07) is 8.03. The molecule has 1 fully saturated rings. The number of aryl methyl sites for hydroxylation is 1. The van der Waals surface area contributed by atoms with Crippen LogP contribution in [0.3, 0.4) is 0 Å². The van der Waals surface area contributed by atoms with Crippen LogP contribution in [0.1, 0.15) is 35.2 Å². The minimum absolute atomic E-state index is 0.0562. The summed E-state index contributed by atoms with van der Waals surface area (Å²) in [4.78, 5) is 25.8. The number of carbonyl (C=O) groups excluding carboxylic acids is 2. The van der Waals surface area contributed by atoms with Gasteiger partial charge < -0.3 is 4.90 Å². The summed E-state index contributed by atoms with van der Waals surface area (Å²) in [5.74, 6) is -0.146. The topological polar surface area (TPSA) is 37.4 Å². The summed E-state index contributed by atoms with van der Waals surface area (Å²) in [5.41, 5.74) is 1.91. The molecule has 2 atom stereocenters. The smallest absolute Gasteiger partial charge is 0.254 e. The fraction of sp³-hybridized carbons (Fsp3) is 0.467. The van der Waals surface area contributed by atoms with E-state index >= 15 is 0 Å². The molecule has 1 saturated heterocycles. The third-order valence-corrected chi connectivity index (χ3v) is 4.59. The van der Waals surface area contributed by atoms with Gasteiger partial charge in [-0.1, -0.05) is 18.2 Å². The molecule has 0 spiro atoms. The quantitative estimate of drug-likeness (QED) is 0.740. The summed E-state index contributed by atoms with van der Waals surface area (Å²) >= 11 is 5.60. The highest BCUT2D eigenvalue weighted by Gasteiger charge is 2.36. The van der Waals surface area contributed by atoms with Gasteiger partial charge in [0.2, 0.25) is 5.24 Å². The second-order valence-electron chi connectivity index (χ2n) is 5.39. The van der Waals surface area contributed by atoms with Crippen LogP contribution in [0.15, 0.2) is 24.3 Å². The molecule has 0 aliphatic carbocycles. The van der Waals surface area contributed by atoms with Crippen molar-refractivity contribution in [1.82, 2.24) is 4.90 Å². The van der Waals surface area contributed by atoms with Gasteiger partial charge in [0.05, 0.1) is 5.92 Å². The first-order chi connectivity index (χ1) is 9.16. The number of hydrogen-bond acceptors (Lipinski definition) is 2. The minimum Gasteiger partial charge on any atom is -0.335 e. The number of carbonyl (C=O) groups is 2. The Labute approximate surface area is 117 Å². The third-order valence-electron chi connectivity index (χ3n) is 4.28. The summed E-state index contributed by atoms with van der Waals surface area (Å²) in [6.45, 7) is 0.472. The molecule has 0 radical (unpaired) electrons. The standard InChI is InChI=1S/C15H16ClNO2/c16-14(18)11-6-8-12-7-5-10-3-1-2-4-13(10)15(19)17(12)9-11/h1-4,11-12H,5-9H2. The van der Waals surface area contributed by atoms with Gasteiger partial charge in [0.1, 0.15) is 0 Å². The van der Waals surface area contributed by atoms with Crippen LogP contribution in [0.4, 0.5) is 0 Å². The number of hydrogen-bond donors (Lipinski definition) is 0. The maximum Gasteiger partial charge on any atom is 0.254 e. The molecule has 4 heteroatoms. The molecule has 3 rings (SSSR count). The average Bonchev–Trinajstić information content (AvgIpc) is 2.57. The number of rotatable bonds is 1. The zero-order valence-corrected chi connectivity index (χ0v) is 11.4. The molecule has 0 N–H and O–H groups in total. The largest absolute Gasteiger partial charge is 0.335 e. The predicted octanol–water partition coefficient (Wildman–Crippen LogP) is 2.62. The molecule has 100 valence electrons. The molecule has 2 heterocycles. The molecular formula is C15H16ClNO2. The van der Waals surface area contributed by atoms with E-state index in [1.54, 1.807) is 0 Å². The number of nitrogens with zero attached hydrogens (tertiary/aromatic N) is 1. The second kappa shape index (κ2) is 4.97. The van der Waals surface area contributed by atoms with E-state index in [2.05, 4.69) is 0 Å². The summed E-state index contributed by atoms with van der Waals surface area (Å²) in [7, 11) is 0. The Bertz CT molecular complexity index is 529. The van der Waals surface area contributed by atoms with Crippen molar-refractivity contribution in [2.75, 3.05) is 6.54 Å². The molecule has 1 amide bonds. The molecule has 2 aliphatic rings. The van der Waals surface area contributed by atoms with Crippen molar-refractivity contribution in [3.8, 4) is 0 Å². The molecule has 19 heavy (non-hydrogen) atoms. The van der Waals surface area contributed by atoms with Gasteiger partial charge in [-0.2, -0.15) is 0 Å². The Morgan fingerprint density at radius 1 is 1.21 bits per heavy atom. The van der Waals surface area contributed by atoms with E-state index in [-0.39, 0.29) is 23.1 Å². The lowest BCUT2D eigenvalue weighted by molar-refractivity contribution is -0.116. The number of amides is 1. The van der Waals surface area contributed by atoms with Crippen LogP contribution in [0.25, 0.3) is 0 Å². The molecule has 0 bridgehead atoms. The van der Waals surface area contributed by atoms with Gasteiger partial charge >= 0.3 is 0 Å². The highest BCUT2D eigenvalue weighted by atomic mass is 35.5. The Balaban J connectivity index is 1.92.